The van der Waals surface area contributed by atoms with E-state index in [4.69, 9.17) is 24.8 Å². The molecule has 14 nitrogen and oxygen atoms in total. The molecule has 0 radical (unpaired) electrons. The lowest BCUT2D eigenvalue weighted by Gasteiger charge is -2.20. The number of phosphoric acid groups is 1. The van der Waals surface area contributed by atoms with Crippen molar-refractivity contribution in [1.82, 2.24) is 0 Å². The first-order chi connectivity index (χ1) is 30.3. The Labute approximate surface area is 376 Å². The van der Waals surface area contributed by atoms with Gasteiger partial charge in [0.1, 0.15) is 12.6 Å². The normalized spacial score (nSPS) is 16.0. The van der Waals surface area contributed by atoms with E-state index in [2.05, 4.69) is 67.0 Å². The van der Waals surface area contributed by atoms with Crippen molar-refractivity contribution in [3.8, 4) is 0 Å². The van der Waals surface area contributed by atoms with Crippen LogP contribution in [-0.4, -0.2) is 93.5 Å². The van der Waals surface area contributed by atoms with E-state index in [9.17, 15) is 39.2 Å². The number of carboxylic acids is 1. The molecule has 0 heterocycles. The molecular formula is C48H78NO13P. The van der Waals surface area contributed by atoms with Crippen molar-refractivity contribution in [3.05, 3.63) is 97.2 Å². The summed E-state index contributed by atoms with van der Waals surface area (Å²) >= 11 is 0. The van der Waals surface area contributed by atoms with Gasteiger partial charge in [0.05, 0.1) is 31.5 Å². The molecule has 63 heavy (non-hydrogen) atoms. The maximum Gasteiger partial charge on any atom is 0.472 e. The monoisotopic (exact) mass is 908 g/mol. The molecule has 0 fully saturated rings. The number of carbonyl (C=O) groups is 3. The van der Waals surface area contributed by atoms with Gasteiger partial charge in [-0.15, -0.1) is 0 Å². The van der Waals surface area contributed by atoms with Gasteiger partial charge in [-0.2, -0.15) is 0 Å². The minimum atomic E-state index is -4.83. The van der Waals surface area contributed by atoms with Gasteiger partial charge in [-0.25, -0.2) is 4.57 Å². The molecule has 0 bridgehead atoms. The number of aliphatic hydroxyl groups excluding tert-OH is 3. The molecule has 358 valence electrons. The molecule has 6 atom stereocenters. The molecule has 0 aliphatic rings. The lowest BCUT2D eigenvalue weighted by molar-refractivity contribution is -0.161. The number of hydrogen-bond donors (Lipinski definition) is 6. The summed E-state index contributed by atoms with van der Waals surface area (Å²) in [5, 5.41) is 39.4. The molecule has 0 spiro atoms. The number of ether oxygens (including phenoxy) is 2. The molecule has 0 aromatic carbocycles. The van der Waals surface area contributed by atoms with Gasteiger partial charge in [-0.05, 0) is 70.6 Å². The summed E-state index contributed by atoms with van der Waals surface area (Å²) in [5.74, 6) is -2.81. The zero-order valence-electron chi connectivity index (χ0n) is 37.7. The van der Waals surface area contributed by atoms with Crippen LogP contribution in [-0.2, 0) is 37.5 Å². The van der Waals surface area contributed by atoms with Crippen molar-refractivity contribution in [2.45, 2.75) is 166 Å². The second-order valence-corrected chi connectivity index (χ2v) is 16.5. The van der Waals surface area contributed by atoms with Crippen molar-refractivity contribution < 1.29 is 62.8 Å². The number of hydrogen-bond acceptors (Lipinski definition) is 12. The Kier molecular flexibility index (Phi) is 38.6. The van der Waals surface area contributed by atoms with Crippen LogP contribution in [0, 0.1) is 0 Å². The van der Waals surface area contributed by atoms with Crippen molar-refractivity contribution in [2.75, 3.05) is 19.8 Å². The summed E-state index contributed by atoms with van der Waals surface area (Å²) in [4.78, 5) is 46.1. The van der Waals surface area contributed by atoms with E-state index in [1.165, 1.54) is 25.3 Å². The third-order valence-corrected chi connectivity index (χ3v) is 10.1. The van der Waals surface area contributed by atoms with Crippen molar-refractivity contribution in [1.29, 1.82) is 0 Å². The topological polar surface area (TPSA) is 232 Å². The van der Waals surface area contributed by atoms with Crippen LogP contribution in [0.1, 0.15) is 136 Å². The van der Waals surface area contributed by atoms with Crippen molar-refractivity contribution in [3.63, 3.8) is 0 Å². The number of nitrogens with two attached hydrogens (primary N) is 1. The minimum Gasteiger partial charge on any atom is -0.480 e. The van der Waals surface area contributed by atoms with E-state index in [1.807, 2.05) is 0 Å². The number of allylic oxidation sites excluding steroid dienone is 14. The highest BCUT2D eigenvalue weighted by Gasteiger charge is 2.28. The number of carbonyl (C=O) groups excluding carboxylic acids is 2. The van der Waals surface area contributed by atoms with E-state index in [1.54, 1.807) is 42.5 Å². The van der Waals surface area contributed by atoms with Crippen LogP contribution >= 0.6 is 7.82 Å². The largest absolute Gasteiger partial charge is 0.480 e. The molecule has 7 N–H and O–H groups in total. The number of carboxylic acid groups (broad SMARTS) is 1. The number of aliphatic hydroxyl groups is 3. The van der Waals surface area contributed by atoms with E-state index >= 15 is 0 Å². The lowest BCUT2D eigenvalue weighted by atomic mass is 10.1. The van der Waals surface area contributed by atoms with Gasteiger partial charge in [0.2, 0.25) is 0 Å². The first-order valence-electron chi connectivity index (χ1n) is 22.6. The average molecular weight is 908 g/mol. The van der Waals surface area contributed by atoms with Gasteiger partial charge in [-0.1, -0.05) is 150 Å². The van der Waals surface area contributed by atoms with E-state index in [0.29, 0.717) is 6.42 Å². The SMILES string of the molecule is CCCCC/C=C\C/C=C\C/C=C\C/C=C\CCCCCC(=O)OC[C@H](COP(=O)(O)OC[C@H](N)C(=O)O)OC(=O)CCC[C@H](O)[C@@H](O)/C=C/C=C/C=C\C=C\[C@@H](O)CCCCC. The number of esters is 2. The fourth-order valence-electron chi connectivity index (χ4n) is 5.43. The third kappa shape index (κ3) is 39.6. The fourth-order valence-corrected chi connectivity index (χ4v) is 6.21. The summed E-state index contributed by atoms with van der Waals surface area (Å²) in [6.45, 7) is 2.27. The summed E-state index contributed by atoms with van der Waals surface area (Å²) in [7, 11) is -4.83. The van der Waals surface area contributed by atoms with Crippen LogP contribution in [0.15, 0.2) is 97.2 Å². The highest BCUT2D eigenvalue weighted by molar-refractivity contribution is 7.47. The molecule has 0 aliphatic carbocycles. The minimum absolute atomic E-state index is 0.0394. The van der Waals surface area contributed by atoms with Gasteiger partial charge >= 0.3 is 25.7 Å². The van der Waals surface area contributed by atoms with Gasteiger partial charge < -0.3 is 40.5 Å². The molecule has 0 aliphatic heterocycles. The Bertz CT molecular complexity index is 1490. The van der Waals surface area contributed by atoms with Crippen LogP contribution in [0.5, 0.6) is 0 Å². The summed E-state index contributed by atoms with van der Waals surface area (Å²) in [5.41, 5.74) is 5.31. The molecule has 1 unspecified atom stereocenters. The van der Waals surface area contributed by atoms with Crippen LogP contribution in [0.2, 0.25) is 0 Å². The van der Waals surface area contributed by atoms with Gasteiger partial charge in [-0.3, -0.25) is 23.4 Å². The number of aliphatic carboxylic acids is 1. The van der Waals surface area contributed by atoms with Crippen molar-refractivity contribution in [2.24, 2.45) is 5.73 Å². The van der Waals surface area contributed by atoms with E-state index < -0.39 is 76.0 Å². The first kappa shape index (κ1) is 59.3. The molecular weight excluding hydrogens is 829 g/mol. The zero-order valence-corrected chi connectivity index (χ0v) is 38.6. The molecule has 0 rings (SSSR count). The summed E-state index contributed by atoms with van der Waals surface area (Å²) < 4.78 is 32.4. The molecule has 0 aromatic heterocycles. The van der Waals surface area contributed by atoms with Gasteiger partial charge in [0.15, 0.2) is 6.10 Å². The fraction of sp³-hybridized carbons (Fsp3) is 0.604. The molecule has 15 heteroatoms. The number of rotatable bonds is 40. The smallest absolute Gasteiger partial charge is 0.472 e. The van der Waals surface area contributed by atoms with Gasteiger partial charge in [0.25, 0.3) is 0 Å². The van der Waals surface area contributed by atoms with Crippen LogP contribution in [0.3, 0.4) is 0 Å². The highest BCUT2D eigenvalue weighted by atomic mass is 31.2. The van der Waals surface area contributed by atoms with Crippen molar-refractivity contribution >= 4 is 25.7 Å². The molecule has 0 amide bonds. The average Bonchev–Trinajstić information content (AvgIpc) is 3.25. The molecule has 0 saturated heterocycles. The second-order valence-electron chi connectivity index (χ2n) is 15.0. The quantitative estimate of drug-likeness (QED) is 0.0111. The Morgan fingerprint density at radius 3 is 1.73 bits per heavy atom. The third-order valence-electron chi connectivity index (χ3n) is 9.17. The van der Waals surface area contributed by atoms with Gasteiger partial charge in [0, 0.05) is 12.8 Å². The maximum atomic E-state index is 12.7. The second kappa shape index (κ2) is 41.0. The standard InChI is InChI=1S/C48H78NO13P/c1-3-5-7-8-9-10-11-12-13-14-15-16-17-18-19-20-21-26-30-36-46(53)59-38-42(39-60-63(57,58)61-40-43(49)48(55)56)62-47(54)37-31-35-45(52)44(51)34-29-25-23-22-24-28-33-41(50)32-27-6-4-2/h9-10,12-13,15-16,18-19,22-25,28-29,33-34,41-45,50-52H,3-8,11,14,17,20-21,26-27,30-32,35-40,49H2,1-2H3,(H,55,56)(H,57,58)/b10-9-,13-12-,16-15-,19-18-,24-22-,25-23+,33-28+,34-29+/t41-,42+,43-,44-,45-/m0/s1. The molecule has 0 aromatic rings. The molecule has 0 saturated carbocycles. The zero-order chi connectivity index (χ0) is 46.8. The Morgan fingerprint density at radius 1 is 0.603 bits per heavy atom. The predicted octanol–water partition coefficient (Wildman–Crippen LogP) is 8.97. The Balaban J connectivity index is 4.74. The Hall–Kier alpha value is -3.72. The predicted molar refractivity (Wildman–Crippen MR) is 248 cm³/mol. The van der Waals surface area contributed by atoms with E-state index in [-0.39, 0.29) is 25.7 Å². The van der Waals surface area contributed by atoms with Crippen LogP contribution in [0.4, 0.5) is 0 Å². The van der Waals surface area contributed by atoms with Crippen LogP contribution in [0.25, 0.3) is 0 Å². The maximum absolute atomic E-state index is 12.7. The lowest BCUT2D eigenvalue weighted by Crippen LogP contribution is -2.34. The highest BCUT2D eigenvalue weighted by Crippen LogP contribution is 2.43. The Morgan fingerprint density at radius 2 is 1.13 bits per heavy atom. The first-order valence-corrected chi connectivity index (χ1v) is 24.1. The summed E-state index contributed by atoms with van der Waals surface area (Å²) in [6, 6.07) is -1.59. The summed E-state index contributed by atoms with van der Waals surface area (Å²) in [6.07, 6.45) is 41.2. The van der Waals surface area contributed by atoms with Crippen LogP contribution < -0.4 is 5.73 Å². The number of phosphoric ester groups is 1. The van der Waals surface area contributed by atoms with E-state index in [0.717, 1.165) is 70.6 Å². The number of unbranched alkanes of at least 4 members (excludes halogenated alkanes) is 8.